The molecule has 0 bridgehead atoms. The van der Waals surface area contributed by atoms with Crippen LogP contribution in [-0.2, 0) is 9.53 Å². The van der Waals surface area contributed by atoms with Gasteiger partial charge in [0.05, 0.1) is 0 Å². The fourth-order valence-electron chi connectivity index (χ4n) is 2.66. The highest BCUT2D eigenvalue weighted by Crippen LogP contribution is 2.45. The van der Waals surface area contributed by atoms with Gasteiger partial charge in [0.25, 0.3) is 0 Å². The van der Waals surface area contributed by atoms with E-state index in [1.807, 2.05) is 0 Å². The number of fused-ring (bicyclic) bond motifs is 1. The van der Waals surface area contributed by atoms with Crippen molar-refractivity contribution in [1.29, 1.82) is 0 Å². The second-order valence-electron chi connectivity index (χ2n) is 5.92. The van der Waals surface area contributed by atoms with E-state index in [0.29, 0.717) is 12.5 Å². The molecule has 2 aliphatic rings. The molecular weight excluding hydrogens is 222 g/mol. The lowest BCUT2D eigenvalue weighted by Gasteiger charge is -2.31. The SMILES string of the molecule is CC(C)(C)OC(=O)N1CC2CCC2C1C(=O)O. The number of carboxylic acids is 1. The van der Waals surface area contributed by atoms with E-state index in [2.05, 4.69) is 0 Å². The fraction of sp³-hybridized carbons (Fsp3) is 0.833. The summed E-state index contributed by atoms with van der Waals surface area (Å²) in [6, 6.07) is -0.691. The van der Waals surface area contributed by atoms with E-state index in [4.69, 9.17) is 4.74 Å². The normalized spacial score (nSPS) is 31.7. The standard InChI is InChI=1S/C12H19NO4/c1-12(2,3)17-11(16)13-6-7-4-5-8(7)9(13)10(14)15/h7-9H,4-6H2,1-3H3,(H,14,15). The highest BCUT2D eigenvalue weighted by atomic mass is 16.6. The number of carbonyl (C=O) groups is 2. The van der Waals surface area contributed by atoms with Crippen molar-refractivity contribution in [2.75, 3.05) is 6.54 Å². The highest BCUT2D eigenvalue weighted by molar-refractivity contribution is 5.81. The van der Waals surface area contributed by atoms with Gasteiger partial charge in [0.1, 0.15) is 11.6 Å². The molecule has 1 aliphatic carbocycles. The molecule has 1 saturated heterocycles. The number of ether oxygens (including phenoxy) is 1. The van der Waals surface area contributed by atoms with Crippen LogP contribution in [0, 0.1) is 11.8 Å². The number of hydrogen-bond acceptors (Lipinski definition) is 3. The lowest BCUT2D eigenvalue weighted by molar-refractivity contribution is -0.144. The minimum absolute atomic E-state index is 0.125. The van der Waals surface area contributed by atoms with Crippen LogP contribution in [0.4, 0.5) is 4.79 Å². The molecule has 5 heteroatoms. The summed E-state index contributed by atoms with van der Waals surface area (Å²) in [6.45, 7) is 5.87. The van der Waals surface area contributed by atoms with Gasteiger partial charge >= 0.3 is 12.1 Å². The molecule has 0 spiro atoms. The van der Waals surface area contributed by atoms with Crippen molar-refractivity contribution in [3.63, 3.8) is 0 Å². The topological polar surface area (TPSA) is 66.8 Å². The van der Waals surface area contributed by atoms with Gasteiger partial charge in [0.15, 0.2) is 0 Å². The van der Waals surface area contributed by atoms with Crippen LogP contribution in [0.15, 0.2) is 0 Å². The molecule has 3 unspecified atom stereocenters. The first-order chi connectivity index (χ1) is 7.79. The van der Waals surface area contributed by atoms with Crippen LogP contribution in [0.1, 0.15) is 33.6 Å². The zero-order chi connectivity index (χ0) is 12.8. The Balaban J connectivity index is 2.09. The van der Waals surface area contributed by atoms with Gasteiger partial charge in [-0.2, -0.15) is 0 Å². The molecule has 1 N–H and O–H groups in total. The van der Waals surface area contributed by atoms with Crippen LogP contribution < -0.4 is 0 Å². The van der Waals surface area contributed by atoms with Crippen molar-refractivity contribution < 1.29 is 19.4 Å². The zero-order valence-electron chi connectivity index (χ0n) is 10.5. The van der Waals surface area contributed by atoms with E-state index in [1.54, 1.807) is 20.8 Å². The number of aliphatic carboxylic acids is 1. The van der Waals surface area contributed by atoms with E-state index in [9.17, 15) is 14.7 Å². The van der Waals surface area contributed by atoms with Gasteiger partial charge in [-0.25, -0.2) is 9.59 Å². The maximum atomic E-state index is 11.9. The Bertz CT molecular complexity index is 347. The summed E-state index contributed by atoms with van der Waals surface area (Å²) in [4.78, 5) is 24.5. The maximum absolute atomic E-state index is 11.9. The number of amides is 1. The summed E-state index contributed by atoms with van der Waals surface area (Å²) in [5, 5.41) is 9.20. The number of likely N-dealkylation sites (tertiary alicyclic amines) is 1. The van der Waals surface area contributed by atoms with Crippen molar-refractivity contribution in [3.8, 4) is 0 Å². The van der Waals surface area contributed by atoms with Crippen molar-refractivity contribution in [3.05, 3.63) is 0 Å². The van der Waals surface area contributed by atoms with Gasteiger partial charge in [-0.15, -0.1) is 0 Å². The Labute approximate surface area is 101 Å². The Morgan fingerprint density at radius 3 is 2.35 bits per heavy atom. The molecule has 1 heterocycles. The molecule has 0 radical (unpaired) electrons. The van der Waals surface area contributed by atoms with E-state index >= 15 is 0 Å². The van der Waals surface area contributed by atoms with Gasteiger partial charge in [0.2, 0.25) is 0 Å². The molecule has 17 heavy (non-hydrogen) atoms. The van der Waals surface area contributed by atoms with Gasteiger partial charge in [-0.1, -0.05) is 0 Å². The molecule has 1 amide bonds. The Hall–Kier alpha value is -1.26. The van der Waals surface area contributed by atoms with Gasteiger partial charge in [-0.3, -0.25) is 4.90 Å². The number of hydrogen-bond donors (Lipinski definition) is 1. The van der Waals surface area contributed by atoms with Crippen LogP contribution in [0.25, 0.3) is 0 Å². The Kier molecular flexibility index (Phi) is 2.79. The number of rotatable bonds is 1. The first kappa shape index (κ1) is 12.2. The predicted molar refractivity (Wildman–Crippen MR) is 60.6 cm³/mol. The summed E-state index contributed by atoms with van der Waals surface area (Å²) in [7, 11) is 0. The summed E-state index contributed by atoms with van der Waals surface area (Å²) >= 11 is 0. The van der Waals surface area contributed by atoms with Crippen molar-refractivity contribution >= 4 is 12.1 Å². The molecular formula is C12H19NO4. The summed E-state index contributed by atoms with van der Waals surface area (Å²) in [5.74, 6) is -0.438. The molecule has 1 saturated carbocycles. The number of carboxylic acid groups (broad SMARTS) is 1. The lowest BCUT2D eigenvalue weighted by Crippen LogP contribution is -2.45. The Morgan fingerprint density at radius 2 is 1.94 bits per heavy atom. The van der Waals surface area contributed by atoms with Crippen LogP contribution >= 0.6 is 0 Å². The quantitative estimate of drug-likeness (QED) is 0.759. The average Bonchev–Trinajstić information content (AvgIpc) is 2.35. The third kappa shape index (κ3) is 2.23. The lowest BCUT2D eigenvalue weighted by atomic mass is 9.73. The molecule has 1 aliphatic heterocycles. The molecule has 2 rings (SSSR count). The van der Waals surface area contributed by atoms with Crippen LogP contribution in [0.5, 0.6) is 0 Å². The minimum atomic E-state index is -0.914. The molecule has 3 atom stereocenters. The van der Waals surface area contributed by atoms with E-state index in [-0.39, 0.29) is 5.92 Å². The van der Waals surface area contributed by atoms with Crippen LogP contribution in [0.3, 0.4) is 0 Å². The van der Waals surface area contributed by atoms with Crippen molar-refractivity contribution in [1.82, 2.24) is 4.90 Å². The number of nitrogens with zero attached hydrogens (tertiary/aromatic N) is 1. The molecule has 2 fully saturated rings. The average molecular weight is 241 g/mol. The van der Waals surface area contributed by atoms with Crippen molar-refractivity contribution in [2.45, 2.75) is 45.3 Å². The van der Waals surface area contributed by atoms with Gasteiger partial charge in [0, 0.05) is 6.54 Å². The fourth-order valence-corrected chi connectivity index (χ4v) is 2.66. The molecule has 96 valence electrons. The molecule has 0 aromatic heterocycles. The van der Waals surface area contributed by atoms with Crippen LogP contribution in [-0.4, -0.2) is 40.3 Å². The summed E-state index contributed by atoms with van der Waals surface area (Å²) < 4.78 is 5.25. The van der Waals surface area contributed by atoms with Gasteiger partial charge in [-0.05, 0) is 45.4 Å². The molecule has 0 aromatic carbocycles. The molecule has 5 nitrogen and oxygen atoms in total. The van der Waals surface area contributed by atoms with Crippen molar-refractivity contribution in [2.24, 2.45) is 11.8 Å². The Morgan fingerprint density at radius 1 is 1.29 bits per heavy atom. The second-order valence-corrected chi connectivity index (χ2v) is 5.92. The highest BCUT2D eigenvalue weighted by Gasteiger charge is 2.52. The van der Waals surface area contributed by atoms with Gasteiger partial charge < -0.3 is 9.84 Å². The monoisotopic (exact) mass is 241 g/mol. The molecule has 0 aromatic rings. The van der Waals surface area contributed by atoms with E-state index < -0.39 is 23.7 Å². The van der Waals surface area contributed by atoms with Crippen LogP contribution in [0.2, 0.25) is 0 Å². The third-order valence-electron chi connectivity index (χ3n) is 3.53. The largest absolute Gasteiger partial charge is 0.480 e. The predicted octanol–water partition coefficient (Wildman–Crippen LogP) is 1.72. The second kappa shape index (κ2) is 3.89. The van der Waals surface area contributed by atoms with E-state index in [0.717, 1.165) is 12.8 Å². The first-order valence-electron chi connectivity index (χ1n) is 6.02. The maximum Gasteiger partial charge on any atom is 0.411 e. The minimum Gasteiger partial charge on any atom is -0.480 e. The van der Waals surface area contributed by atoms with E-state index in [1.165, 1.54) is 4.90 Å². The smallest absolute Gasteiger partial charge is 0.411 e. The third-order valence-corrected chi connectivity index (χ3v) is 3.53. The number of carbonyl (C=O) groups excluding carboxylic acids is 1. The summed E-state index contributed by atoms with van der Waals surface area (Å²) in [6.07, 6.45) is 1.42. The summed E-state index contributed by atoms with van der Waals surface area (Å²) in [5.41, 5.74) is -0.582. The first-order valence-corrected chi connectivity index (χ1v) is 6.02. The zero-order valence-corrected chi connectivity index (χ0v) is 10.5.